The summed E-state index contributed by atoms with van der Waals surface area (Å²) in [6.07, 6.45) is 4.19. The van der Waals surface area contributed by atoms with E-state index in [1.807, 2.05) is 6.92 Å². The van der Waals surface area contributed by atoms with Gasteiger partial charge < -0.3 is 14.8 Å². The van der Waals surface area contributed by atoms with E-state index in [1.54, 1.807) is 48.5 Å². The molecule has 0 saturated heterocycles. The van der Waals surface area contributed by atoms with Gasteiger partial charge in [0, 0.05) is 18.5 Å². The van der Waals surface area contributed by atoms with E-state index in [0.29, 0.717) is 36.0 Å². The summed E-state index contributed by atoms with van der Waals surface area (Å²) < 4.78 is 11.1. The third-order valence-corrected chi connectivity index (χ3v) is 4.73. The zero-order chi connectivity index (χ0) is 23.9. The maximum atomic E-state index is 12.5. The predicted molar refractivity (Wildman–Crippen MR) is 127 cm³/mol. The molecule has 2 rings (SSSR count). The molecule has 3 N–H and O–H groups in total. The third kappa shape index (κ3) is 9.64. The van der Waals surface area contributed by atoms with Crippen LogP contribution in [0.5, 0.6) is 11.5 Å². The first-order valence-corrected chi connectivity index (χ1v) is 11.4. The van der Waals surface area contributed by atoms with E-state index >= 15 is 0 Å². The van der Waals surface area contributed by atoms with Gasteiger partial charge in [0.1, 0.15) is 11.5 Å². The number of carbonyl (C=O) groups excluding carboxylic acids is 3. The lowest BCUT2D eigenvalue weighted by atomic mass is 10.2. The van der Waals surface area contributed by atoms with Gasteiger partial charge in [-0.05, 0) is 49.7 Å². The molecular formula is C25H33N3O5. The maximum absolute atomic E-state index is 12.5. The fourth-order valence-electron chi connectivity index (χ4n) is 3.00. The van der Waals surface area contributed by atoms with Crippen molar-refractivity contribution in [3.63, 3.8) is 0 Å². The van der Waals surface area contributed by atoms with Crippen molar-refractivity contribution in [3.05, 3.63) is 54.1 Å². The zero-order valence-corrected chi connectivity index (χ0v) is 19.3. The first kappa shape index (κ1) is 25.7. The van der Waals surface area contributed by atoms with Gasteiger partial charge in [-0.15, -0.1) is 0 Å². The largest absolute Gasteiger partial charge is 0.494 e. The van der Waals surface area contributed by atoms with Crippen LogP contribution in [-0.2, 0) is 9.59 Å². The molecule has 3 amide bonds. The highest BCUT2D eigenvalue weighted by Gasteiger charge is 2.14. The van der Waals surface area contributed by atoms with Crippen molar-refractivity contribution < 1.29 is 23.9 Å². The third-order valence-electron chi connectivity index (χ3n) is 4.73. The minimum atomic E-state index is -0.480. The summed E-state index contributed by atoms with van der Waals surface area (Å²) >= 11 is 0. The van der Waals surface area contributed by atoms with Crippen molar-refractivity contribution in [1.82, 2.24) is 10.9 Å². The second kappa shape index (κ2) is 14.5. The Labute approximate surface area is 195 Å². The summed E-state index contributed by atoms with van der Waals surface area (Å²) in [6, 6.07) is 13.8. The monoisotopic (exact) mass is 455 g/mol. The fourth-order valence-corrected chi connectivity index (χ4v) is 3.00. The van der Waals surface area contributed by atoms with Gasteiger partial charge in [-0.2, -0.15) is 0 Å². The summed E-state index contributed by atoms with van der Waals surface area (Å²) in [5.74, 6) is -0.0680. The molecule has 0 radical (unpaired) electrons. The Balaban J connectivity index is 1.73. The lowest BCUT2D eigenvalue weighted by Crippen LogP contribution is -2.42. The van der Waals surface area contributed by atoms with E-state index in [1.165, 1.54) is 0 Å². The molecule has 33 heavy (non-hydrogen) atoms. The smallest absolute Gasteiger partial charge is 0.273 e. The van der Waals surface area contributed by atoms with Crippen LogP contribution in [0.1, 0.15) is 62.7 Å². The molecule has 0 spiro atoms. The van der Waals surface area contributed by atoms with Crippen molar-refractivity contribution in [3.8, 4) is 11.5 Å². The molecule has 0 heterocycles. The first-order chi connectivity index (χ1) is 16.0. The van der Waals surface area contributed by atoms with Crippen LogP contribution in [-0.4, -0.2) is 30.9 Å². The number of benzene rings is 2. The summed E-state index contributed by atoms with van der Waals surface area (Å²) in [5.41, 5.74) is 5.67. The van der Waals surface area contributed by atoms with Gasteiger partial charge in [-0.3, -0.25) is 25.2 Å². The molecule has 0 bridgehead atoms. The van der Waals surface area contributed by atoms with E-state index in [-0.39, 0.29) is 18.7 Å². The van der Waals surface area contributed by atoms with Crippen molar-refractivity contribution in [1.29, 1.82) is 0 Å². The van der Waals surface area contributed by atoms with Crippen LogP contribution >= 0.6 is 0 Å². The minimum absolute atomic E-state index is 0.0215. The van der Waals surface area contributed by atoms with Crippen LogP contribution in [0.15, 0.2) is 48.5 Å². The average molecular weight is 456 g/mol. The first-order valence-electron chi connectivity index (χ1n) is 11.4. The lowest BCUT2D eigenvalue weighted by Gasteiger charge is -2.12. The van der Waals surface area contributed by atoms with Crippen molar-refractivity contribution in [2.24, 2.45) is 0 Å². The normalized spacial score (nSPS) is 10.2. The molecule has 8 nitrogen and oxygen atoms in total. The number of rotatable bonds is 13. The number of hydrogen-bond acceptors (Lipinski definition) is 5. The zero-order valence-electron chi connectivity index (χ0n) is 19.3. The van der Waals surface area contributed by atoms with Gasteiger partial charge in [-0.25, -0.2) is 0 Å². The van der Waals surface area contributed by atoms with E-state index in [2.05, 4.69) is 23.1 Å². The molecule has 0 saturated carbocycles. The SMILES string of the molecule is CCCCCCOc1ccccc1C(=O)NNC(=O)CCC(=O)Nc1ccc(OCC)cc1. The Bertz CT molecular complexity index is 899. The van der Waals surface area contributed by atoms with E-state index in [9.17, 15) is 14.4 Å². The fraction of sp³-hybridized carbons (Fsp3) is 0.400. The second-order valence-corrected chi connectivity index (χ2v) is 7.41. The molecule has 0 aromatic heterocycles. The van der Waals surface area contributed by atoms with Gasteiger partial charge in [-0.1, -0.05) is 38.3 Å². The van der Waals surface area contributed by atoms with Crippen LogP contribution in [0, 0.1) is 0 Å². The Hall–Kier alpha value is -3.55. The van der Waals surface area contributed by atoms with Crippen LogP contribution in [0.25, 0.3) is 0 Å². The number of anilines is 1. The maximum Gasteiger partial charge on any atom is 0.273 e. The number of para-hydroxylation sites is 1. The number of hydrazine groups is 1. The highest BCUT2D eigenvalue weighted by molar-refractivity contribution is 5.98. The minimum Gasteiger partial charge on any atom is -0.494 e. The molecule has 0 atom stereocenters. The Morgan fingerprint density at radius 1 is 0.788 bits per heavy atom. The van der Waals surface area contributed by atoms with Gasteiger partial charge in [0.25, 0.3) is 5.91 Å². The van der Waals surface area contributed by atoms with Crippen molar-refractivity contribution in [2.45, 2.75) is 52.4 Å². The average Bonchev–Trinajstić information content (AvgIpc) is 2.83. The molecule has 8 heteroatoms. The Kier molecular flexibility index (Phi) is 11.3. The standard InChI is InChI=1S/C25H33N3O5/c1-3-5-6-9-18-33-22-11-8-7-10-21(22)25(31)28-27-24(30)17-16-23(29)26-19-12-14-20(15-13-19)32-4-2/h7-8,10-15H,3-6,9,16-18H2,1-2H3,(H,26,29)(H,27,30)(H,28,31). The Morgan fingerprint density at radius 3 is 2.24 bits per heavy atom. The summed E-state index contributed by atoms with van der Waals surface area (Å²) in [5, 5.41) is 2.72. The molecule has 178 valence electrons. The van der Waals surface area contributed by atoms with Gasteiger partial charge >= 0.3 is 0 Å². The molecule has 0 unspecified atom stereocenters. The molecule has 2 aromatic carbocycles. The second-order valence-electron chi connectivity index (χ2n) is 7.41. The molecule has 0 aliphatic carbocycles. The number of amides is 3. The van der Waals surface area contributed by atoms with E-state index in [0.717, 1.165) is 25.7 Å². The van der Waals surface area contributed by atoms with Crippen molar-refractivity contribution in [2.75, 3.05) is 18.5 Å². The highest BCUT2D eigenvalue weighted by Crippen LogP contribution is 2.18. The summed E-state index contributed by atoms with van der Waals surface area (Å²) in [7, 11) is 0. The van der Waals surface area contributed by atoms with Crippen LogP contribution in [0.2, 0.25) is 0 Å². The molecule has 2 aromatic rings. The number of nitrogens with one attached hydrogen (secondary N) is 3. The lowest BCUT2D eigenvalue weighted by molar-refractivity contribution is -0.124. The van der Waals surface area contributed by atoms with E-state index < -0.39 is 11.8 Å². The summed E-state index contributed by atoms with van der Waals surface area (Å²) in [4.78, 5) is 36.6. The van der Waals surface area contributed by atoms with Crippen LogP contribution in [0.4, 0.5) is 5.69 Å². The van der Waals surface area contributed by atoms with Crippen LogP contribution in [0.3, 0.4) is 0 Å². The molecule has 0 aliphatic rings. The summed E-state index contributed by atoms with van der Waals surface area (Å²) in [6.45, 7) is 5.13. The molecular weight excluding hydrogens is 422 g/mol. The quantitative estimate of drug-likeness (QED) is 0.310. The van der Waals surface area contributed by atoms with Gasteiger partial charge in [0.15, 0.2) is 0 Å². The molecule has 0 fully saturated rings. The predicted octanol–water partition coefficient (Wildman–Crippen LogP) is 4.22. The number of carbonyl (C=O) groups is 3. The highest BCUT2D eigenvalue weighted by atomic mass is 16.5. The number of hydrogen-bond donors (Lipinski definition) is 3. The Morgan fingerprint density at radius 2 is 1.52 bits per heavy atom. The number of ether oxygens (including phenoxy) is 2. The van der Waals surface area contributed by atoms with Crippen molar-refractivity contribution >= 4 is 23.4 Å². The van der Waals surface area contributed by atoms with E-state index in [4.69, 9.17) is 9.47 Å². The van der Waals surface area contributed by atoms with Crippen LogP contribution < -0.4 is 25.6 Å². The van der Waals surface area contributed by atoms with Gasteiger partial charge in [0.05, 0.1) is 18.8 Å². The number of unbranched alkanes of at least 4 members (excludes halogenated alkanes) is 3. The topological polar surface area (TPSA) is 106 Å². The molecule has 0 aliphatic heterocycles. The van der Waals surface area contributed by atoms with Gasteiger partial charge in [0.2, 0.25) is 11.8 Å².